The van der Waals surface area contributed by atoms with Crippen molar-refractivity contribution in [1.29, 1.82) is 0 Å². The summed E-state index contributed by atoms with van der Waals surface area (Å²) in [5.41, 5.74) is 1.09. The molecule has 1 aromatic rings. The van der Waals surface area contributed by atoms with Gasteiger partial charge in [-0.3, -0.25) is 4.90 Å². The third kappa shape index (κ3) is 2.83. The number of oxazole rings is 1. The smallest absolute Gasteiger partial charge is 0.181 e. The van der Waals surface area contributed by atoms with Crippen LogP contribution in [0.25, 0.3) is 0 Å². The van der Waals surface area contributed by atoms with E-state index in [9.17, 15) is 0 Å². The molecule has 1 aromatic heterocycles. The van der Waals surface area contributed by atoms with E-state index in [1.807, 2.05) is 14.0 Å². The second-order valence-corrected chi connectivity index (χ2v) is 4.63. The highest BCUT2D eigenvalue weighted by Crippen LogP contribution is 2.18. The first-order valence-corrected chi connectivity index (χ1v) is 6.05. The fraction of sp³-hybridized carbons (Fsp3) is 0.750. The van der Waals surface area contributed by atoms with Gasteiger partial charge in [-0.2, -0.15) is 0 Å². The third-order valence-electron chi connectivity index (χ3n) is 3.42. The van der Waals surface area contributed by atoms with Crippen LogP contribution in [-0.4, -0.2) is 36.6 Å². The molecule has 2 rings (SSSR count). The molecule has 0 radical (unpaired) electrons. The van der Waals surface area contributed by atoms with Crippen molar-refractivity contribution in [3.05, 3.63) is 17.8 Å². The van der Waals surface area contributed by atoms with Crippen molar-refractivity contribution in [1.82, 2.24) is 15.2 Å². The Balaban J connectivity index is 1.79. The highest BCUT2D eigenvalue weighted by atomic mass is 16.3. The van der Waals surface area contributed by atoms with Gasteiger partial charge in [0.25, 0.3) is 0 Å². The van der Waals surface area contributed by atoms with E-state index in [-0.39, 0.29) is 0 Å². The Hall–Kier alpha value is -0.870. The monoisotopic (exact) mass is 223 g/mol. The Labute approximate surface area is 97.0 Å². The number of aryl methyl sites for hydroxylation is 1. The maximum absolute atomic E-state index is 5.22. The fourth-order valence-electron chi connectivity index (χ4n) is 2.33. The summed E-state index contributed by atoms with van der Waals surface area (Å²) in [6.45, 7) is 6.43. The molecule has 90 valence electrons. The van der Waals surface area contributed by atoms with Crippen molar-refractivity contribution >= 4 is 0 Å². The molecule has 4 heteroatoms. The Morgan fingerprint density at radius 1 is 1.50 bits per heavy atom. The van der Waals surface area contributed by atoms with E-state index in [4.69, 9.17) is 4.42 Å². The minimum atomic E-state index is 0.847. The zero-order valence-corrected chi connectivity index (χ0v) is 10.2. The van der Waals surface area contributed by atoms with Crippen LogP contribution in [0.5, 0.6) is 0 Å². The molecule has 0 aromatic carbocycles. The van der Waals surface area contributed by atoms with E-state index in [0.29, 0.717) is 0 Å². The van der Waals surface area contributed by atoms with E-state index in [1.165, 1.54) is 25.9 Å². The Morgan fingerprint density at radius 2 is 2.25 bits per heavy atom. The van der Waals surface area contributed by atoms with Gasteiger partial charge in [-0.05, 0) is 52.4 Å². The van der Waals surface area contributed by atoms with Crippen molar-refractivity contribution in [3.63, 3.8) is 0 Å². The van der Waals surface area contributed by atoms with E-state index < -0.39 is 0 Å². The summed E-state index contributed by atoms with van der Waals surface area (Å²) in [7, 11) is 2.03. The number of rotatable bonds is 4. The van der Waals surface area contributed by atoms with Crippen LogP contribution in [0, 0.1) is 12.8 Å². The Bertz CT molecular complexity index is 316. The third-order valence-corrected chi connectivity index (χ3v) is 3.42. The molecule has 0 spiro atoms. The van der Waals surface area contributed by atoms with Crippen molar-refractivity contribution in [2.45, 2.75) is 26.3 Å². The number of likely N-dealkylation sites (tertiary alicyclic amines) is 1. The molecular weight excluding hydrogens is 202 g/mol. The quantitative estimate of drug-likeness (QED) is 0.838. The number of hydrogen-bond acceptors (Lipinski definition) is 4. The lowest BCUT2D eigenvalue weighted by molar-refractivity contribution is 0.174. The molecule has 1 aliphatic heterocycles. The molecule has 0 bridgehead atoms. The van der Waals surface area contributed by atoms with Gasteiger partial charge in [0.15, 0.2) is 6.39 Å². The lowest BCUT2D eigenvalue weighted by atomic mass is 9.97. The van der Waals surface area contributed by atoms with Gasteiger partial charge in [0, 0.05) is 6.54 Å². The van der Waals surface area contributed by atoms with Crippen molar-refractivity contribution < 1.29 is 4.42 Å². The standard InChI is InChI=1S/C12H21N3O/c1-10-12(14-9-16-10)8-15-5-3-11(4-6-15)7-13-2/h9,11,13H,3-8H2,1-2H3. The first kappa shape index (κ1) is 11.6. The summed E-state index contributed by atoms with van der Waals surface area (Å²) < 4.78 is 5.22. The molecule has 1 N–H and O–H groups in total. The van der Waals surface area contributed by atoms with Gasteiger partial charge in [-0.1, -0.05) is 0 Å². The van der Waals surface area contributed by atoms with Gasteiger partial charge in [0.1, 0.15) is 5.76 Å². The van der Waals surface area contributed by atoms with Crippen LogP contribution in [0.4, 0.5) is 0 Å². The van der Waals surface area contributed by atoms with Crippen LogP contribution in [0.2, 0.25) is 0 Å². The van der Waals surface area contributed by atoms with Crippen LogP contribution >= 0.6 is 0 Å². The number of nitrogens with zero attached hydrogens (tertiary/aromatic N) is 2. The first-order valence-electron chi connectivity index (χ1n) is 6.05. The molecule has 2 heterocycles. The Kier molecular flexibility index (Phi) is 3.96. The molecule has 0 atom stereocenters. The maximum atomic E-state index is 5.22. The van der Waals surface area contributed by atoms with Gasteiger partial charge >= 0.3 is 0 Å². The van der Waals surface area contributed by atoms with Crippen LogP contribution in [-0.2, 0) is 6.54 Å². The van der Waals surface area contributed by atoms with Crippen LogP contribution in [0.3, 0.4) is 0 Å². The highest BCUT2D eigenvalue weighted by Gasteiger charge is 2.19. The molecule has 1 aliphatic rings. The predicted molar refractivity (Wildman–Crippen MR) is 63.2 cm³/mol. The summed E-state index contributed by atoms with van der Waals surface area (Å²) >= 11 is 0. The van der Waals surface area contributed by atoms with Crippen LogP contribution in [0.15, 0.2) is 10.8 Å². The molecule has 1 saturated heterocycles. The van der Waals surface area contributed by atoms with Crippen molar-refractivity contribution in [2.24, 2.45) is 5.92 Å². The van der Waals surface area contributed by atoms with Gasteiger partial charge < -0.3 is 9.73 Å². The molecule has 1 fully saturated rings. The van der Waals surface area contributed by atoms with E-state index in [2.05, 4.69) is 15.2 Å². The molecule has 0 unspecified atom stereocenters. The average Bonchev–Trinajstić information content (AvgIpc) is 2.68. The Morgan fingerprint density at radius 3 is 2.81 bits per heavy atom. The summed E-state index contributed by atoms with van der Waals surface area (Å²) in [4.78, 5) is 6.71. The zero-order chi connectivity index (χ0) is 11.4. The number of aromatic nitrogens is 1. The topological polar surface area (TPSA) is 41.3 Å². The highest BCUT2D eigenvalue weighted by molar-refractivity contribution is 5.04. The summed E-state index contributed by atoms with van der Waals surface area (Å²) in [5.74, 6) is 1.80. The summed E-state index contributed by atoms with van der Waals surface area (Å²) in [5, 5.41) is 3.26. The van der Waals surface area contributed by atoms with Crippen LogP contribution in [0.1, 0.15) is 24.3 Å². The normalized spacial score (nSPS) is 19.1. The number of nitrogens with one attached hydrogen (secondary N) is 1. The molecular formula is C12H21N3O. The SMILES string of the molecule is CNCC1CCN(Cc2ncoc2C)CC1. The molecule has 4 nitrogen and oxygen atoms in total. The van der Waals surface area contributed by atoms with Gasteiger partial charge in [0.2, 0.25) is 0 Å². The minimum absolute atomic E-state index is 0.847. The summed E-state index contributed by atoms with van der Waals surface area (Å²) in [6, 6.07) is 0. The van der Waals surface area contributed by atoms with E-state index >= 15 is 0 Å². The zero-order valence-electron chi connectivity index (χ0n) is 10.2. The van der Waals surface area contributed by atoms with Gasteiger partial charge in [-0.15, -0.1) is 0 Å². The van der Waals surface area contributed by atoms with E-state index in [0.717, 1.165) is 30.5 Å². The van der Waals surface area contributed by atoms with Crippen molar-refractivity contribution in [2.75, 3.05) is 26.7 Å². The molecule has 0 aliphatic carbocycles. The second kappa shape index (κ2) is 5.46. The predicted octanol–water partition coefficient (Wildman–Crippen LogP) is 1.41. The van der Waals surface area contributed by atoms with E-state index in [1.54, 1.807) is 6.39 Å². The first-order chi connectivity index (χ1) is 7.79. The maximum Gasteiger partial charge on any atom is 0.181 e. The lowest BCUT2D eigenvalue weighted by Gasteiger charge is -2.31. The summed E-state index contributed by atoms with van der Waals surface area (Å²) in [6.07, 6.45) is 4.12. The molecule has 0 amide bonds. The molecule has 16 heavy (non-hydrogen) atoms. The van der Waals surface area contributed by atoms with Gasteiger partial charge in [-0.25, -0.2) is 4.98 Å². The van der Waals surface area contributed by atoms with Crippen LogP contribution < -0.4 is 5.32 Å². The lowest BCUT2D eigenvalue weighted by Crippen LogP contribution is -2.36. The largest absolute Gasteiger partial charge is 0.448 e. The minimum Gasteiger partial charge on any atom is -0.448 e. The second-order valence-electron chi connectivity index (χ2n) is 4.63. The molecule has 0 saturated carbocycles. The van der Waals surface area contributed by atoms with Gasteiger partial charge in [0.05, 0.1) is 5.69 Å². The number of hydrogen-bond donors (Lipinski definition) is 1. The van der Waals surface area contributed by atoms with Crippen molar-refractivity contribution in [3.8, 4) is 0 Å². The number of piperidine rings is 1. The fourth-order valence-corrected chi connectivity index (χ4v) is 2.33. The average molecular weight is 223 g/mol.